The lowest BCUT2D eigenvalue weighted by atomic mass is 10.1. The highest BCUT2D eigenvalue weighted by atomic mass is 16.4. The molecule has 0 aromatic heterocycles. The first-order valence-electron chi connectivity index (χ1n) is 4.77. The van der Waals surface area contributed by atoms with Crippen molar-refractivity contribution < 1.29 is 24.6 Å². The van der Waals surface area contributed by atoms with Crippen LogP contribution in [0, 0.1) is 5.92 Å². The molecule has 0 aromatic rings. The lowest BCUT2D eigenvalue weighted by Crippen LogP contribution is -2.47. The normalized spacial score (nSPS) is 14.2. The van der Waals surface area contributed by atoms with Gasteiger partial charge in [0, 0.05) is 12.3 Å². The number of carboxylic acids is 2. The molecule has 0 bridgehead atoms. The molecule has 0 saturated carbocycles. The predicted molar refractivity (Wildman–Crippen MR) is 54.6 cm³/mol. The van der Waals surface area contributed by atoms with Gasteiger partial charge in [-0.2, -0.15) is 0 Å². The third-order valence-corrected chi connectivity index (χ3v) is 1.95. The fourth-order valence-corrected chi connectivity index (χ4v) is 0.915. The van der Waals surface area contributed by atoms with Crippen LogP contribution in [0.25, 0.3) is 0 Å². The van der Waals surface area contributed by atoms with Gasteiger partial charge in [-0.25, -0.2) is 4.79 Å². The third kappa shape index (κ3) is 4.74. The Kier molecular flexibility index (Phi) is 5.44. The highest BCUT2D eigenvalue weighted by Crippen LogP contribution is 2.00. The largest absolute Gasteiger partial charge is 0.480 e. The Balaban J connectivity index is 4.46. The Hall–Kier alpha value is -1.63. The summed E-state index contributed by atoms with van der Waals surface area (Å²) in [7, 11) is 0. The summed E-state index contributed by atoms with van der Waals surface area (Å²) in [6.45, 7) is 3.21. The zero-order valence-corrected chi connectivity index (χ0v) is 9.14. The molecule has 0 spiro atoms. The summed E-state index contributed by atoms with van der Waals surface area (Å²) in [5.41, 5.74) is 5.19. The van der Waals surface area contributed by atoms with Gasteiger partial charge < -0.3 is 21.3 Å². The Morgan fingerprint density at radius 2 is 1.69 bits per heavy atom. The maximum atomic E-state index is 11.2. The summed E-state index contributed by atoms with van der Waals surface area (Å²) in [5.74, 6) is -3.43. The minimum atomic E-state index is -1.31. The molecule has 92 valence electrons. The van der Waals surface area contributed by atoms with Crippen LogP contribution in [0.4, 0.5) is 0 Å². The first kappa shape index (κ1) is 14.4. The fraction of sp³-hybridized carbons (Fsp3) is 0.667. The summed E-state index contributed by atoms with van der Waals surface area (Å²) in [6, 6.07) is -2.59. The van der Waals surface area contributed by atoms with Gasteiger partial charge in [-0.3, -0.25) is 9.59 Å². The number of hydrogen-bond acceptors (Lipinski definition) is 4. The summed E-state index contributed by atoms with van der Waals surface area (Å²) in [5, 5.41) is 19.5. The van der Waals surface area contributed by atoms with Crippen molar-refractivity contribution in [3.05, 3.63) is 0 Å². The van der Waals surface area contributed by atoms with Gasteiger partial charge in [-0.1, -0.05) is 13.8 Å². The molecule has 0 aliphatic rings. The van der Waals surface area contributed by atoms with E-state index < -0.39 is 29.9 Å². The fourth-order valence-electron chi connectivity index (χ4n) is 0.915. The standard InChI is InChI=1S/C9H16N2O5/c1-4(2)7(12)11-6(9(15)16)3-5(10)8(13)14/h4-6H,3,10H2,1-2H3,(H,11,12)(H,13,14)(H,15,16). The molecule has 5 N–H and O–H groups in total. The van der Waals surface area contributed by atoms with Crippen LogP contribution in [0.15, 0.2) is 0 Å². The molecule has 0 rings (SSSR count). The molecule has 2 unspecified atom stereocenters. The number of nitrogens with two attached hydrogens (primary N) is 1. The maximum Gasteiger partial charge on any atom is 0.326 e. The highest BCUT2D eigenvalue weighted by molar-refractivity contribution is 5.85. The van der Waals surface area contributed by atoms with E-state index in [0.29, 0.717) is 0 Å². The summed E-state index contributed by atoms with van der Waals surface area (Å²) in [6.07, 6.45) is -0.344. The van der Waals surface area contributed by atoms with Gasteiger partial charge in [0.15, 0.2) is 0 Å². The Morgan fingerprint density at radius 1 is 1.19 bits per heavy atom. The first-order valence-corrected chi connectivity index (χ1v) is 4.77. The average Bonchev–Trinajstić information content (AvgIpc) is 2.15. The van der Waals surface area contributed by atoms with Crippen LogP contribution >= 0.6 is 0 Å². The molecule has 0 aliphatic heterocycles. The number of carbonyl (C=O) groups excluding carboxylic acids is 1. The van der Waals surface area contributed by atoms with Crippen LogP contribution in [0.3, 0.4) is 0 Å². The molecule has 2 atom stereocenters. The van der Waals surface area contributed by atoms with E-state index in [2.05, 4.69) is 5.32 Å². The number of hydrogen-bond donors (Lipinski definition) is 4. The SMILES string of the molecule is CC(C)C(=O)NC(CC(N)C(=O)O)C(=O)O. The number of aliphatic carboxylic acids is 2. The lowest BCUT2D eigenvalue weighted by molar-refractivity contribution is -0.144. The molecule has 0 aliphatic carbocycles. The smallest absolute Gasteiger partial charge is 0.326 e. The van der Waals surface area contributed by atoms with Crippen LogP contribution in [0.1, 0.15) is 20.3 Å². The number of rotatable bonds is 6. The second kappa shape index (κ2) is 6.06. The number of carboxylic acid groups (broad SMARTS) is 2. The summed E-state index contributed by atoms with van der Waals surface area (Å²) < 4.78 is 0. The number of amides is 1. The van der Waals surface area contributed by atoms with Crippen molar-refractivity contribution in [3.8, 4) is 0 Å². The van der Waals surface area contributed by atoms with Gasteiger partial charge in [-0.05, 0) is 0 Å². The molecule has 7 heteroatoms. The molecule has 0 saturated heterocycles. The van der Waals surface area contributed by atoms with Crippen molar-refractivity contribution in [2.24, 2.45) is 11.7 Å². The van der Waals surface area contributed by atoms with Crippen molar-refractivity contribution in [1.29, 1.82) is 0 Å². The van der Waals surface area contributed by atoms with Crippen LogP contribution in [0.2, 0.25) is 0 Å². The number of nitrogens with one attached hydrogen (secondary N) is 1. The molecule has 0 radical (unpaired) electrons. The van der Waals surface area contributed by atoms with Crippen molar-refractivity contribution in [3.63, 3.8) is 0 Å². The zero-order valence-electron chi connectivity index (χ0n) is 9.14. The van der Waals surface area contributed by atoms with Gasteiger partial charge in [0.05, 0.1) is 0 Å². The average molecular weight is 232 g/mol. The van der Waals surface area contributed by atoms with E-state index in [4.69, 9.17) is 15.9 Å². The van der Waals surface area contributed by atoms with E-state index in [0.717, 1.165) is 0 Å². The lowest BCUT2D eigenvalue weighted by Gasteiger charge is -2.17. The van der Waals surface area contributed by atoms with Crippen molar-refractivity contribution in [2.45, 2.75) is 32.4 Å². The molecule has 0 aromatic carbocycles. The Bertz CT molecular complexity index is 290. The van der Waals surface area contributed by atoms with Crippen molar-refractivity contribution in [2.75, 3.05) is 0 Å². The number of carbonyl (C=O) groups is 3. The molecule has 0 fully saturated rings. The quantitative estimate of drug-likeness (QED) is 0.465. The third-order valence-electron chi connectivity index (χ3n) is 1.95. The molecular weight excluding hydrogens is 216 g/mol. The predicted octanol–water partition coefficient (Wildman–Crippen LogP) is -0.986. The monoisotopic (exact) mass is 232 g/mol. The Morgan fingerprint density at radius 3 is 2.00 bits per heavy atom. The van der Waals surface area contributed by atoms with E-state index in [1.807, 2.05) is 0 Å². The van der Waals surface area contributed by atoms with Gasteiger partial charge in [0.1, 0.15) is 12.1 Å². The summed E-state index contributed by atoms with van der Waals surface area (Å²) in [4.78, 5) is 32.4. The van der Waals surface area contributed by atoms with Gasteiger partial charge in [0.2, 0.25) is 5.91 Å². The molecule has 1 amide bonds. The van der Waals surface area contributed by atoms with E-state index >= 15 is 0 Å². The van der Waals surface area contributed by atoms with Crippen LogP contribution < -0.4 is 11.1 Å². The molecule has 0 heterocycles. The highest BCUT2D eigenvalue weighted by Gasteiger charge is 2.26. The minimum absolute atomic E-state index is 0.344. The second-order valence-electron chi connectivity index (χ2n) is 3.73. The molecular formula is C9H16N2O5. The van der Waals surface area contributed by atoms with Crippen molar-refractivity contribution in [1.82, 2.24) is 5.32 Å². The van der Waals surface area contributed by atoms with Gasteiger partial charge >= 0.3 is 11.9 Å². The van der Waals surface area contributed by atoms with Gasteiger partial charge in [0.25, 0.3) is 0 Å². The minimum Gasteiger partial charge on any atom is -0.480 e. The van der Waals surface area contributed by atoms with Crippen molar-refractivity contribution >= 4 is 17.8 Å². The summed E-state index contributed by atoms with van der Waals surface area (Å²) >= 11 is 0. The Labute approximate surface area is 92.6 Å². The first-order chi connectivity index (χ1) is 7.25. The maximum absolute atomic E-state index is 11.2. The van der Waals surface area contributed by atoms with E-state index in [-0.39, 0.29) is 12.3 Å². The van der Waals surface area contributed by atoms with E-state index in [1.54, 1.807) is 13.8 Å². The van der Waals surface area contributed by atoms with E-state index in [9.17, 15) is 14.4 Å². The molecule has 7 nitrogen and oxygen atoms in total. The second-order valence-corrected chi connectivity index (χ2v) is 3.73. The van der Waals surface area contributed by atoms with Crippen LogP contribution in [-0.2, 0) is 14.4 Å². The van der Waals surface area contributed by atoms with E-state index in [1.165, 1.54) is 0 Å². The van der Waals surface area contributed by atoms with Crippen LogP contribution in [-0.4, -0.2) is 40.1 Å². The van der Waals surface area contributed by atoms with Crippen LogP contribution in [0.5, 0.6) is 0 Å². The van der Waals surface area contributed by atoms with Gasteiger partial charge in [-0.15, -0.1) is 0 Å². The topological polar surface area (TPSA) is 130 Å². The molecule has 16 heavy (non-hydrogen) atoms. The zero-order chi connectivity index (χ0) is 12.9.